The number of anilines is 2. The maximum absolute atomic E-state index is 11.8. The molecule has 0 bridgehead atoms. The fourth-order valence-electron chi connectivity index (χ4n) is 2.10. The Labute approximate surface area is 128 Å². The Morgan fingerprint density at radius 2 is 2.00 bits per heavy atom. The quantitative estimate of drug-likeness (QED) is 0.664. The average molecular weight is 305 g/mol. The van der Waals surface area contributed by atoms with E-state index in [0.717, 1.165) is 5.56 Å². The third-order valence-electron chi connectivity index (χ3n) is 3.19. The molecule has 2 aromatic carbocycles. The molecule has 110 valence electrons. The SMILES string of the molecule is COC(=O)c1cc(N)ccc1NC(C)c1ccccc1Cl. The lowest BCUT2D eigenvalue weighted by Crippen LogP contribution is -2.12. The van der Waals surface area contributed by atoms with E-state index < -0.39 is 5.97 Å². The van der Waals surface area contributed by atoms with Gasteiger partial charge in [0, 0.05) is 16.4 Å². The van der Waals surface area contributed by atoms with Crippen LogP contribution in [0.5, 0.6) is 0 Å². The highest BCUT2D eigenvalue weighted by Gasteiger charge is 2.15. The summed E-state index contributed by atoms with van der Waals surface area (Å²) in [5, 5.41) is 3.94. The third kappa shape index (κ3) is 3.47. The van der Waals surface area contributed by atoms with Crippen LogP contribution in [-0.2, 0) is 4.74 Å². The zero-order valence-corrected chi connectivity index (χ0v) is 12.6. The Balaban J connectivity index is 2.31. The van der Waals surface area contributed by atoms with Gasteiger partial charge in [-0.05, 0) is 36.8 Å². The van der Waals surface area contributed by atoms with Gasteiger partial charge in [0.15, 0.2) is 0 Å². The highest BCUT2D eigenvalue weighted by molar-refractivity contribution is 6.31. The molecule has 0 radical (unpaired) electrons. The van der Waals surface area contributed by atoms with Gasteiger partial charge < -0.3 is 15.8 Å². The van der Waals surface area contributed by atoms with Crippen molar-refractivity contribution >= 4 is 28.9 Å². The smallest absolute Gasteiger partial charge is 0.340 e. The number of nitrogen functional groups attached to an aromatic ring is 1. The van der Waals surface area contributed by atoms with Crippen LogP contribution in [0.2, 0.25) is 5.02 Å². The first-order valence-electron chi connectivity index (χ1n) is 6.51. The maximum Gasteiger partial charge on any atom is 0.340 e. The lowest BCUT2D eigenvalue weighted by atomic mass is 10.1. The van der Waals surface area contributed by atoms with Crippen molar-refractivity contribution < 1.29 is 9.53 Å². The minimum absolute atomic E-state index is 0.0641. The summed E-state index contributed by atoms with van der Waals surface area (Å²) in [4.78, 5) is 11.8. The molecule has 0 fully saturated rings. The first-order chi connectivity index (χ1) is 10.0. The number of esters is 1. The first kappa shape index (κ1) is 15.2. The van der Waals surface area contributed by atoms with E-state index in [-0.39, 0.29) is 6.04 Å². The van der Waals surface area contributed by atoms with Crippen molar-refractivity contribution in [1.29, 1.82) is 0 Å². The summed E-state index contributed by atoms with van der Waals surface area (Å²) < 4.78 is 4.78. The van der Waals surface area contributed by atoms with E-state index >= 15 is 0 Å². The molecule has 1 atom stereocenters. The topological polar surface area (TPSA) is 64.3 Å². The molecule has 2 aromatic rings. The molecule has 0 spiro atoms. The molecule has 0 amide bonds. The number of hydrogen-bond donors (Lipinski definition) is 2. The molecular formula is C16H17ClN2O2. The molecule has 4 nitrogen and oxygen atoms in total. The fraction of sp³-hybridized carbons (Fsp3) is 0.188. The van der Waals surface area contributed by atoms with Gasteiger partial charge in [0.05, 0.1) is 18.7 Å². The molecular weight excluding hydrogens is 288 g/mol. The Bertz CT molecular complexity index is 658. The minimum Gasteiger partial charge on any atom is -0.465 e. The average Bonchev–Trinajstić information content (AvgIpc) is 2.48. The highest BCUT2D eigenvalue weighted by Crippen LogP contribution is 2.28. The molecule has 2 rings (SSSR count). The van der Waals surface area contributed by atoms with Crippen molar-refractivity contribution in [2.24, 2.45) is 0 Å². The van der Waals surface area contributed by atoms with E-state index in [1.807, 2.05) is 31.2 Å². The van der Waals surface area contributed by atoms with Crippen LogP contribution in [0.4, 0.5) is 11.4 Å². The van der Waals surface area contributed by atoms with E-state index in [0.29, 0.717) is 22.0 Å². The van der Waals surface area contributed by atoms with Crippen molar-refractivity contribution in [2.75, 3.05) is 18.2 Å². The Kier molecular flexibility index (Phi) is 4.70. The number of carbonyl (C=O) groups excluding carboxylic acids is 1. The fourth-order valence-corrected chi connectivity index (χ4v) is 2.40. The second kappa shape index (κ2) is 6.50. The van der Waals surface area contributed by atoms with E-state index in [4.69, 9.17) is 22.1 Å². The number of nitrogens with two attached hydrogens (primary N) is 1. The number of halogens is 1. The standard InChI is InChI=1S/C16H17ClN2O2/c1-10(12-5-3-4-6-14(12)17)19-15-8-7-11(18)9-13(15)16(20)21-2/h3-10,19H,18H2,1-2H3. The number of hydrogen-bond acceptors (Lipinski definition) is 4. The number of rotatable bonds is 4. The molecule has 3 N–H and O–H groups in total. The zero-order chi connectivity index (χ0) is 15.4. The van der Waals surface area contributed by atoms with Crippen molar-refractivity contribution in [2.45, 2.75) is 13.0 Å². The molecule has 0 aliphatic carbocycles. The van der Waals surface area contributed by atoms with Crippen LogP contribution in [0.3, 0.4) is 0 Å². The molecule has 5 heteroatoms. The lowest BCUT2D eigenvalue weighted by molar-refractivity contribution is 0.0602. The molecule has 21 heavy (non-hydrogen) atoms. The lowest BCUT2D eigenvalue weighted by Gasteiger charge is -2.19. The van der Waals surface area contributed by atoms with Crippen LogP contribution in [-0.4, -0.2) is 13.1 Å². The second-order valence-electron chi connectivity index (χ2n) is 4.68. The molecule has 0 saturated heterocycles. The van der Waals surface area contributed by atoms with Crippen molar-refractivity contribution in [1.82, 2.24) is 0 Å². The minimum atomic E-state index is -0.434. The van der Waals surface area contributed by atoms with Gasteiger partial charge in [0.1, 0.15) is 0 Å². The molecule has 0 aromatic heterocycles. The van der Waals surface area contributed by atoms with Crippen molar-refractivity contribution in [3.05, 3.63) is 58.6 Å². The zero-order valence-electron chi connectivity index (χ0n) is 11.9. The summed E-state index contributed by atoms with van der Waals surface area (Å²) in [5.41, 5.74) is 8.24. The predicted octanol–water partition coefficient (Wildman–Crippen LogP) is 3.88. The summed E-state index contributed by atoms with van der Waals surface area (Å²) in [5.74, 6) is -0.434. The van der Waals surface area contributed by atoms with Gasteiger partial charge in [-0.1, -0.05) is 29.8 Å². The Morgan fingerprint density at radius 3 is 2.67 bits per heavy atom. The Morgan fingerprint density at radius 1 is 1.29 bits per heavy atom. The van der Waals surface area contributed by atoms with Crippen LogP contribution >= 0.6 is 11.6 Å². The largest absolute Gasteiger partial charge is 0.465 e. The first-order valence-corrected chi connectivity index (χ1v) is 6.89. The van der Waals surface area contributed by atoms with E-state index in [2.05, 4.69) is 5.32 Å². The van der Waals surface area contributed by atoms with E-state index in [9.17, 15) is 4.79 Å². The molecule has 0 aliphatic heterocycles. The summed E-state index contributed by atoms with van der Waals surface area (Å²) in [7, 11) is 1.34. The van der Waals surface area contributed by atoms with E-state index in [1.54, 1.807) is 18.2 Å². The molecule has 0 heterocycles. The van der Waals surface area contributed by atoms with Crippen LogP contribution in [0.25, 0.3) is 0 Å². The monoisotopic (exact) mass is 304 g/mol. The van der Waals surface area contributed by atoms with E-state index in [1.165, 1.54) is 7.11 Å². The van der Waals surface area contributed by atoms with Crippen molar-refractivity contribution in [3.8, 4) is 0 Å². The second-order valence-corrected chi connectivity index (χ2v) is 5.09. The number of methoxy groups -OCH3 is 1. The maximum atomic E-state index is 11.8. The van der Waals surface area contributed by atoms with Crippen LogP contribution in [0, 0.1) is 0 Å². The summed E-state index contributed by atoms with van der Waals surface area (Å²) >= 11 is 6.19. The summed E-state index contributed by atoms with van der Waals surface area (Å²) in [6.07, 6.45) is 0. The van der Waals surface area contributed by atoms with Crippen LogP contribution in [0.1, 0.15) is 28.9 Å². The number of carbonyl (C=O) groups is 1. The normalized spacial score (nSPS) is 11.8. The molecule has 0 aliphatic rings. The third-order valence-corrected chi connectivity index (χ3v) is 3.54. The van der Waals surface area contributed by atoms with Gasteiger partial charge in [-0.15, -0.1) is 0 Å². The predicted molar refractivity (Wildman–Crippen MR) is 85.7 cm³/mol. The van der Waals surface area contributed by atoms with Gasteiger partial charge >= 0.3 is 5.97 Å². The number of nitrogens with one attached hydrogen (secondary N) is 1. The molecule has 0 saturated carbocycles. The summed E-state index contributed by atoms with van der Waals surface area (Å²) in [6.45, 7) is 1.97. The molecule has 1 unspecified atom stereocenters. The number of benzene rings is 2. The van der Waals surface area contributed by atoms with Gasteiger partial charge in [-0.3, -0.25) is 0 Å². The highest BCUT2D eigenvalue weighted by atomic mass is 35.5. The van der Waals surface area contributed by atoms with Gasteiger partial charge in [-0.25, -0.2) is 4.79 Å². The van der Waals surface area contributed by atoms with Gasteiger partial charge in [-0.2, -0.15) is 0 Å². The van der Waals surface area contributed by atoms with Crippen LogP contribution < -0.4 is 11.1 Å². The van der Waals surface area contributed by atoms with Gasteiger partial charge in [0.2, 0.25) is 0 Å². The number of ether oxygens (including phenoxy) is 1. The van der Waals surface area contributed by atoms with Gasteiger partial charge in [0.25, 0.3) is 0 Å². The van der Waals surface area contributed by atoms with Crippen LogP contribution in [0.15, 0.2) is 42.5 Å². The Hall–Kier alpha value is -2.20. The van der Waals surface area contributed by atoms with Crippen molar-refractivity contribution in [3.63, 3.8) is 0 Å². The summed E-state index contributed by atoms with van der Waals surface area (Å²) in [6, 6.07) is 12.6.